The lowest BCUT2D eigenvalue weighted by Crippen LogP contribution is -2.25. The van der Waals surface area contributed by atoms with Gasteiger partial charge in [-0.3, -0.25) is 24.3 Å². The molecule has 0 saturated carbocycles. The summed E-state index contributed by atoms with van der Waals surface area (Å²) in [4.78, 5) is 34.6. The monoisotopic (exact) mass is 418 g/mol. The largest absolute Gasteiger partial charge is 0.397 e. The predicted molar refractivity (Wildman–Crippen MR) is 92.9 cm³/mol. The number of anilines is 1. The smallest absolute Gasteiger partial charge is 0.296 e. The molecule has 26 heavy (non-hydrogen) atoms. The van der Waals surface area contributed by atoms with Gasteiger partial charge in [-0.25, -0.2) is 0 Å². The number of halogens is 2. The zero-order valence-electron chi connectivity index (χ0n) is 12.4. The molecule has 3 N–H and O–H groups in total. The van der Waals surface area contributed by atoms with Gasteiger partial charge in [0, 0.05) is 22.2 Å². The highest BCUT2D eigenvalue weighted by Gasteiger charge is 2.40. The highest BCUT2D eigenvalue weighted by atomic mass is 35.5. The first-order valence-corrected chi connectivity index (χ1v) is 8.33. The van der Waals surface area contributed by atoms with Gasteiger partial charge in [-0.1, -0.05) is 11.6 Å². The highest BCUT2D eigenvalue weighted by Crippen LogP contribution is 2.40. The minimum Gasteiger partial charge on any atom is -0.397 e. The number of nitro benzene ring substituents is 1. The van der Waals surface area contributed by atoms with Crippen LogP contribution in [0.5, 0.6) is 0 Å². The van der Waals surface area contributed by atoms with Gasteiger partial charge < -0.3 is 5.73 Å². The summed E-state index contributed by atoms with van der Waals surface area (Å²) in [6.07, 6.45) is 0. The number of nitro groups is 1. The predicted octanol–water partition coefficient (Wildman–Crippen LogP) is 2.27. The molecular formula is C14H8Cl2N2O7S. The van der Waals surface area contributed by atoms with Crippen LogP contribution in [-0.2, 0) is 10.1 Å². The summed E-state index contributed by atoms with van der Waals surface area (Å²) in [7, 11) is -4.96. The summed E-state index contributed by atoms with van der Waals surface area (Å²) in [5, 5.41) is 11.4. The van der Waals surface area contributed by atoms with Crippen molar-refractivity contribution in [2.24, 2.45) is 0 Å². The van der Waals surface area contributed by atoms with E-state index in [0.29, 0.717) is 6.07 Å². The van der Waals surface area contributed by atoms with Gasteiger partial charge in [0.25, 0.3) is 15.8 Å². The Morgan fingerprint density at radius 2 is 1.65 bits per heavy atom. The maximum atomic E-state index is 12.7. The number of nitrogen functional groups attached to an aromatic ring is 1. The number of carbonyl (C=O) groups excluding carboxylic acids is 2. The van der Waals surface area contributed by atoms with Gasteiger partial charge in [-0.15, -0.1) is 12.4 Å². The van der Waals surface area contributed by atoms with Crippen LogP contribution in [0.2, 0.25) is 5.02 Å². The third-order valence-electron chi connectivity index (χ3n) is 3.71. The fraction of sp³-hybridized carbons (Fsp3) is 0. The van der Waals surface area contributed by atoms with Crippen molar-refractivity contribution in [3.05, 3.63) is 61.7 Å². The fourth-order valence-electron chi connectivity index (χ4n) is 2.65. The summed E-state index contributed by atoms with van der Waals surface area (Å²) < 4.78 is 32.1. The van der Waals surface area contributed by atoms with Crippen LogP contribution in [0.15, 0.2) is 29.2 Å². The zero-order valence-corrected chi connectivity index (χ0v) is 14.8. The van der Waals surface area contributed by atoms with E-state index in [-0.39, 0.29) is 28.6 Å². The Bertz CT molecular complexity index is 1110. The number of carbonyl (C=O) groups is 2. The van der Waals surface area contributed by atoms with Gasteiger partial charge in [0.2, 0.25) is 5.78 Å². The Morgan fingerprint density at radius 1 is 1.08 bits per heavy atom. The average Bonchev–Trinajstić information content (AvgIpc) is 2.50. The first kappa shape index (κ1) is 19.8. The molecule has 2 aromatic rings. The summed E-state index contributed by atoms with van der Waals surface area (Å²) in [6.45, 7) is 0. The lowest BCUT2D eigenvalue weighted by Gasteiger charge is -2.20. The van der Waals surface area contributed by atoms with E-state index in [9.17, 15) is 32.7 Å². The van der Waals surface area contributed by atoms with Crippen molar-refractivity contribution in [2.75, 3.05) is 5.73 Å². The molecule has 0 saturated heterocycles. The number of ketones is 2. The number of nitrogens with zero attached hydrogens (tertiary/aromatic N) is 1. The Balaban J connectivity index is 0.00000243. The number of nitrogens with two attached hydrogens (primary N) is 1. The van der Waals surface area contributed by atoms with E-state index in [4.69, 9.17) is 17.3 Å². The molecule has 1 aliphatic rings. The lowest BCUT2D eigenvalue weighted by atomic mass is 9.82. The zero-order chi connectivity index (χ0) is 18.7. The molecule has 12 heteroatoms. The second-order valence-corrected chi connectivity index (χ2v) is 6.96. The molecule has 2 aromatic carbocycles. The molecule has 0 atom stereocenters. The van der Waals surface area contributed by atoms with Gasteiger partial charge >= 0.3 is 0 Å². The van der Waals surface area contributed by atoms with Crippen LogP contribution in [0.25, 0.3) is 0 Å². The molecule has 9 nitrogen and oxygen atoms in total. The molecule has 136 valence electrons. The van der Waals surface area contributed by atoms with Crippen LogP contribution in [0.3, 0.4) is 0 Å². The molecule has 0 aliphatic heterocycles. The standard InChI is InChI=1S/C14H7ClN2O7S.ClH/c15-5-1-2-6-7(3-5)14(19)10-8(17(20)21)4-9(25(22,23)24)12(16)11(10)13(6)18;/h1-4H,16H2,(H,22,23,24);1H. The van der Waals surface area contributed by atoms with Gasteiger partial charge in [-0.05, 0) is 18.2 Å². The van der Waals surface area contributed by atoms with E-state index in [0.717, 1.165) is 0 Å². The van der Waals surface area contributed by atoms with Gasteiger partial charge in [0.05, 0.1) is 16.2 Å². The number of benzene rings is 2. The van der Waals surface area contributed by atoms with E-state index in [2.05, 4.69) is 0 Å². The van der Waals surface area contributed by atoms with Crippen LogP contribution >= 0.6 is 24.0 Å². The van der Waals surface area contributed by atoms with Gasteiger partial charge in [0.15, 0.2) is 5.78 Å². The van der Waals surface area contributed by atoms with Gasteiger partial charge in [-0.2, -0.15) is 8.42 Å². The topological polar surface area (TPSA) is 158 Å². The minimum atomic E-state index is -4.96. The van der Waals surface area contributed by atoms with Crippen molar-refractivity contribution >= 4 is 57.1 Å². The summed E-state index contributed by atoms with van der Waals surface area (Å²) in [6, 6.07) is 4.18. The second-order valence-electron chi connectivity index (χ2n) is 5.14. The highest BCUT2D eigenvalue weighted by molar-refractivity contribution is 7.86. The van der Waals surface area contributed by atoms with Crippen molar-refractivity contribution < 1.29 is 27.5 Å². The molecule has 0 unspecified atom stereocenters. The summed E-state index contributed by atoms with van der Waals surface area (Å²) in [5.74, 6) is -1.78. The maximum Gasteiger partial charge on any atom is 0.296 e. The Hall–Kier alpha value is -2.53. The van der Waals surface area contributed by atoms with Crippen molar-refractivity contribution in [1.82, 2.24) is 0 Å². The Kier molecular flexibility index (Phi) is 4.81. The molecule has 0 amide bonds. The molecule has 0 aromatic heterocycles. The van der Waals surface area contributed by atoms with Crippen LogP contribution < -0.4 is 5.73 Å². The van der Waals surface area contributed by atoms with Crippen LogP contribution in [0.1, 0.15) is 31.8 Å². The number of hydrogen-bond donors (Lipinski definition) is 2. The Labute approximate surface area is 157 Å². The van der Waals surface area contributed by atoms with Crippen molar-refractivity contribution in [3.8, 4) is 0 Å². The molecular weight excluding hydrogens is 411 g/mol. The van der Waals surface area contributed by atoms with Crippen molar-refractivity contribution in [3.63, 3.8) is 0 Å². The Morgan fingerprint density at radius 3 is 2.19 bits per heavy atom. The summed E-state index contributed by atoms with van der Waals surface area (Å²) >= 11 is 5.80. The number of rotatable bonds is 2. The lowest BCUT2D eigenvalue weighted by molar-refractivity contribution is -0.385. The van der Waals surface area contributed by atoms with E-state index in [1.807, 2.05) is 0 Å². The molecule has 0 heterocycles. The van der Waals surface area contributed by atoms with Crippen LogP contribution in [0, 0.1) is 10.1 Å². The van der Waals surface area contributed by atoms with E-state index in [1.54, 1.807) is 0 Å². The van der Waals surface area contributed by atoms with Crippen LogP contribution in [0.4, 0.5) is 11.4 Å². The number of fused-ring (bicyclic) bond motifs is 2. The average molecular weight is 419 g/mol. The van der Waals surface area contributed by atoms with Gasteiger partial charge in [0.1, 0.15) is 10.5 Å². The fourth-order valence-corrected chi connectivity index (χ4v) is 3.47. The minimum absolute atomic E-state index is 0. The third kappa shape index (κ3) is 2.82. The molecule has 3 rings (SSSR count). The third-order valence-corrected chi connectivity index (χ3v) is 4.84. The molecule has 0 spiro atoms. The molecule has 0 bridgehead atoms. The van der Waals surface area contributed by atoms with E-state index in [1.165, 1.54) is 18.2 Å². The van der Waals surface area contributed by atoms with Crippen LogP contribution in [-0.4, -0.2) is 29.5 Å². The first-order chi connectivity index (χ1) is 11.5. The first-order valence-electron chi connectivity index (χ1n) is 6.51. The molecule has 0 fully saturated rings. The molecule has 1 aliphatic carbocycles. The SMILES string of the molecule is Cl.Nc1c(S(=O)(=O)O)cc([N+](=O)[O-])c2c1C(=O)c1ccc(Cl)cc1C2=O. The second kappa shape index (κ2) is 6.32. The quantitative estimate of drug-likeness (QED) is 0.277. The van der Waals surface area contributed by atoms with Crippen molar-refractivity contribution in [1.29, 1.82) is 0 Å². The molecule has 0 radical (unpaired) electrons. The van der Waals surface area contributed by atoms with E-state index >= 15 is 0 Å². The van der Waals surface area contributed by atoms with E-state index < -0.39 is 54.0 Å². The number of hydrogen-bond acceptors (Lipinski definition) is 7. The summed E-state index contributed by atoms with van der Waals surface area (Å²) in [5.41, 5.74) is 2.38. The maximum absolute atomic E-state index is 12.7. The van der Waals surface area contributed by atoms with Crippen molar-refractivity contribution in [2.45, 2.75) is 4.90 Å². The normalized spacial score (nSPS) is 12.8.